The van der Waals surface area contributed by atoms with Gasteiger partial charge >= 0.3 is 11.9 Å². The summed E-state index contributed by atoms with van der Waals surface area (Å²) in [6.07, 6.45) is 8.21. The number of methoxy groups -OCH3 is 1. The molecule has 0 saturated carbocycles. The van der Waals surface area contributed by atoms with Crippen molar-refractivity contribution in [2.75, 3.05) is 20.5 Å². The number of hydrogen-bond acceptors (Lipinski definition) is 9. The Morgan fingerprint density at radius 1 is 0.946 bits per heavy atom. The van der Waals surface area contributed by atoms with Crippen LogP contribution >= 0.6 is 0 Å². The first-order chi connectivity index (χ1) is 18.0. The number of hydrogen-bond donors (Lipinski definition) is 0. The Hall–Kier alpha value is -3.88. The summed E-state index contributed by atoms with van der Waals surface area (Å²) >= 11 is 0. The van der Waals surface area contributed by atoms with Crippen molar-refractivity contribution in [2.45, 2.75) is 57.8 Å². The lowest BCUT2D eigenvalue weighted by Gasteiger charge is -2.14. The number of benzene rings is 2. The fourth-order valence-electron chi connectivity index (χ4n) is 3.91. The molecule has 0 atom stereocenters. The van der Waals surface area contributed by atoms with E-state index in [1.165, 1.54) is 13.2 Å². The van der Waals surface area contributed by atoms with Crippen LogP contribution in [0.25, 0.3) is 0 Å². The van der Waals surface area contributed by atoms with Crippen LogP contribution in [-0.4, -0.2) is 45.0 Å². The zero-order valence-corrected chi connectivity index (χ0v) is 21.0. The van der Waals surface area contributed by atoms with Gasteiger partial charge in [-0.05, 0) is 61.6 Å². The van der Waals surface area contributed by atoms with Crippen LogP contribution in [0.3, 0.4) is 0 Å². The Balaban J connectivity index is 1.48. The van der Waals surface area contributed by atoms with Crippen molar-refractivity contribution >= 4 is 24.5 Å². The minimum atomic E-state index is -0.666. The van der Waals surface area contributed by atoms with Crippen LogP contribution in [-0.2, 0) is 20.7 Å². The summed E-state index contributed by atoms with van der Waals surface area (Å²) in [6.45, 7) is 0.347. The van der Waals surface area contributed by atoms with Gasteiger partial charge < -0.3 is 28.5 Å². The first kappa shape index (κ1) is 27.7. The van der Waals surface area contributed by atoms with Crippen molar-refractivity contribution in [1.82, 2.24) is 0 Å². The van der Waals surface area contributed by atoms with Crippen molar-refractivity contribution in [2.24, 2.45) is 0 Å². The predicted octanol–water partition coefficient (Wildman–Crippen LogP) is 4.86. The minimum absolute atomic E-state index is 0.0292. The average Bonchev–Trinajstić information content (AvgIpc) is 3.39. The van der Waals surface area contributed by atoms with Crippen molar-refractivity contribution in [3.05, 3.63) is 47.0 Å². The fraction of sp³-hybridized carbons (Fsp3) is 0.429. The van der Waals surface area contributed by atoms with Crippen LogP contribution in [0.4, 0.5) is 0 Å². The first-order valence-corrected chi connectivity index (χ1v) is 12.4. The molecule has 1 heterocycles. The Morgan fingerprint density at radius 3 is 2.51 bits per heavy atom. The number of unbranched alkanes of at least 4 members (excludes halogenated alkanes) is 5. The Morgan fingerprint density at radius 2 is 1.73 bits per heavy atom. The van der Waals surface area contributed by atoms with Gasteiger partial charge in [-0.25, -0.2) is 4.79 Å². The van der Waals surface area contributed by atoms with Crippen LogP contribution in [0.5, 0.6) is 23.0 Å². The number of aldehydes is 2. The summed E-state index contributed by atoms with van der Waals surface area (Å²) in [4.78, 5) is 46.7. The predicted molar refractivity (Wildman–Crippen MR) is 134 cm³/mol. The Kier molecular flexibility index (Phi) is 10.9. The van der Waals surface area contributed by atoms with Crippen LogP contribution in [0.15, 0.2) is 30.3 Å². The van der Waals surface area contributed by atoms with Crippen LogP contribution in [0.2, 0.25) is 0 Å². The fourth-order valence-corrected chi connectivity index (χ4v) is 3.91. The molecule has 0 amide bonds. The third-order valence-electron chi connectivity index (χ3n) is 5.87. The van der Waals surface area contributed by atoms with Gasteiger partial charge in [-0.3, -0.25) is 9.59 Å². The van der Waals surface area contributed by atoms with Crippen molar-refractivity contribution in [1.29, 1.82) is 0 Å². The standard InChI is InChI=1S/C28H32O9/c1-33-25-16-20(9-8-14-34-26(31)10-6-4-2-3-5-7-13-29)15-22(18-30)27(25)37-28(32)21-11-12-23-24(17-21)36-19-35-23/h11-13,15-18H,2-10,14,19H2,1H3. The summed E-state index contributed by atoms with van der Waals surface area (Å²) < 4.78 is 26.8. The van der Waals surface area contributed by atoms with E-state index in [1.807, 2.05) is 0 Å². The number of esters is 2. The monoisotopic (exact) mass is 512 g/mol. The average molecular weight is 513 g/mol. The quantitative estimate of drug-likeness (QED) is 0.135. The second-order valence-electron chi connectivity index (χ2n) is 8.59. The maximum atomic E-state index is 12.7. The van der Waals surface area contributed by atoms with E-state index in [1.54, 1.807) is 24.3 Å². The number of carbonyl (C=O) groups is 4. The van der Waals surface area contributed by atoms with Gasteiger partial charge in [0.2, 0.25) is 6.79 Å². The molecule has 0 unspecified atom stereocenters. The van der Waals surface area contributed by atoms with Gasteiger partial charge in [0.25, 0.3) is 0 Å². The van der Waals surface area contributed by atoms with Gasteiger partial charge in [-0.15, -0.1) is 0 Å². The molecule has 0 fully saturated rings. The summed E-state index contributed by atoms with van der Waals surface area (Å²) in [6, 6.07) is 8.01. The molecule has 0 radical (unpaired) electrons. The summed E-state index contributed by atoms with van der Waals surface area (Å²) in [5, 5.41) is 0. The molecule has 0 aromatic heterocycles. The maximum absolute atomic E-state index is 12.7. The molecule has 198 valence electrons. The lowest BCUT2D eigenvalue weighted by atomic mass is 10.0. The molecule has 0 aliphatic carbocycles. The Labute approximate surface area is 216 Å². The number of ether oxygens (including phenoxy) is 5. The first-order valence-electron chi connectivity index (χ1n) is 12.4. The molecule has 2 aromatic rings. The molecule has 1 aliphatic heterocycles. The maximum Gasteiger partial charge on any atom is 0.343 e. The van der Waals surface area contributed by atoms with Crippen molar-refractivity contribution in [3.8, 4) is 23.0 Å². The molecule has 0 bridgehead atoms. The zero-order valence-electron chi connectivity index (χ0n) is 21.0. The van der Waals surface area contributed by atoms with E-state index in [0.29, 0.717) is 43.5 Å². The summed E-state index contributed by atoms with van der Waals surface area (Å²) in [5.41, 5.74) is 1.20. The highest BCUT2D eigenvalue weighted by atomic mass is 16.7. The second-order valence-corrected chi connectivity index (χ2v) is 8.59. The van der Waals surface area contributed by atoms with E-state index in [0.717, 1.165) is 44.0 Å². The highest BCUT2D eigenvalue weighted by molar-refractivity contribution is 5.94. The molecular weight excluding hydrogens is 480 g/mol. The molecule has 9 nitrogen and oxygen atoms in total. The normalized spacial score (nSPS) is 11.6. The van der Waals surface area contributed by atoms with Gasteiger partial charge in [0.15, 0.2) is 29.3 Å². The summed E-state index contributed by atoms with van der Waals surface area (Å²) in [7, 11) is 1.43. The highest BCUT2D eigenvalue weighted by Gasteiger charge is 2.21. The van der Waals surface area contributed by atoms with E-state index >= 15 is 0 Å². The third-order valence-corrected chi connectivity index (χ3v) is 5.87. The SMILES string of the molecule is COc1cc(CCCOC(=O)CCCCCCCC=O)cc(C=O)c1OC(=O)c1ccc2c(c1)OCO2. The molecule has 0 N–H and O–H groups in total. The molecule has 0 saturated heterocycles. The van der Waals surface area contributed by atoms with Gasteiger partial charge in [-0.2, -0.15) is 0 Å². The van der Waals surface area contributed by atoms with E-state index in [2.05, 4.69) is 0 Å². The smallest absolute Gasteiger partial charge is 0.343 e. The highest BCUT2D eigenvalue weighted by Crippen LogP contribution is 2.35. The van der Waals surface area contributed by atoms with Crippen LogP contribution in [0, 0.1) is 0 Å². The number of fused-ring (bicyclic) bond motifs is 1. The van der Waals surface area contributed by atoms with E-state index in [4.69, 9.17) is 23.7 Å². The number of aryl methyl sites for hydroxylation is 1. The Bertz CT molecular complexity index is 1090. The third kappa shape index (κ3) is 8.34. The van der Waals surface area contributed by atoms with E-state index in [9.17, 15) is 19.2 Å². The van der Waals surface area contributed by atoms with Crippen LogP contribution in [0.1, 0.15) is 77.6 Å². The largest absolute Gasteiger partial charge is 0.493 e. The molecule has 9 heteroatoms. The molecule has 3 rings (SSSR count). The molecule has 0 spiro atoms. The minimum Gasteiger partial charge on any atom is -0.493 e. The number of rotatable bonds is 16. The zero-order chi connectivity index (χ0) is 26.5. The topological polar surface area (TPSA) is 114 Å². The van der Waals surface area contributed by atoms with E-state index < -0.39 is 5.97 Å². The molecule has 37 heavy (non-hydrogen) atoms. The molecule has 2 aromatic carbocycles. The van der Waals surface area contributed by atoms with E-state index in [-0.39, 0.29) is 42.0 Å². The lowest BCUT2D eigenvalue weighted by molar-refractivity contribution is -0.143. The molecule has 1 aliphatic rings. The van der Waals surface area contributed by atoms with Crippen molar-refractivity contribution in [3.63, 3.8) is 0 Å². The summed E-state index contributed by atoms with van der Waals surface area (Å²) in [5.74, 6) is 0.366. The van der Waals surface area contributed by atoms with Crippen LogP contribution < -0.4 is 18.9 Å². The molecular formula is C28H32O9. The van der Waals surface area contributed by atoms with Gasteiger partial charge in [0.05, 0.1) is 24.8 Å². The number of carbonyl (C=O) groups excluding carboxylic acids is 4. The van der Waals surface area contributed by atoms with Gasteiger partial charge in [-0.1, -0.05) is 19.3 Å². The van der Waals surface area contributed by atoms with Gasteiger partial charge in [0.1, 0.15) is 6.29 Å². The van der Waals surface area contributed by atoms with Gasteiger partial charge in [0, 0.05) is 12.8 Å². The van der Waals surface area contributed by atoms with Crippen molar-refractivity contribution < 1.29 is 42.9 Å². The second kappa shape index (κ2) is 14.6. The lowest BCUT2D eigenvalue weighted by Crippen LogP contribution is -2.11.